The van der Waals surface area contributed by atoms with Gasteiger partial charge in [0.2, 0.25) is 5.95 Å². The van der Waals surface area contributed by atoms with Gasteiger partial charge in [0, 0.05) is 67.7 Å². The zero-order valence-corrected chi connectivity index (χ0v) is 22.4. The highest BCUT2D eigenvalue weighted by Crippen LogP contribution is 2.29. The van der Waals surface area contributed by atoms with Crippen LogP contribution in [0, 0.1) is 5.82 Å². The summed E-state index contributed by atoms with van der Waals surface area (Å²) >= 11 is 0. The van der Waals surface area contributed by atoms with Crippen LogP contribution in [0.15, 0.2) is 67.6 Å². The first-order chi connectivity index (χ1) is 19.3. The summed E-state index contributed by atoms with van der Waals surface area (Å²) in [6.45, 7) is 7.00. The average molecular weight is 543 g/mol. The van der Waals surface area contributed by atoms with Crippen LogP contribution < -0.4 is 15.5 Å². The normalized spacial score (nSPS) is 16.3. The van der Waals surface area contributed by atoms with Crippen molar-refractivity contribution in [2.75, 3.05) is 36.0 Å². The molecule has 1 fully saturated rings. The minimum atomic E-state index is -0.838. The molecule has 11 nitrogen and oxygen atoms in total. The van der Waals surface area contributed by atoms with Gasteiger partial charge < -0.3 is 20.6 Å². The molecule has 1 aromatic carbocycles. The number of fused-ring (bicyclic) bond motifs is 1. The fraction of sp³-hybridized carbons (Fsp3) is 0.321. The highest BCUT2D eigenvalue weighted by atomic mass is 19.1. The minimum absolute atomic E-state index is 0.300. The molecule has 1 saturated heterocycles. The summed E-state index contributed by atoms with van der Waals surface area (Å²) in [5.41, 5.74) is 10.1. The molecule has 0 radical (unpaired) electrons. The molecule has 6 rings (SSSR count). The predicted molar refractivity (Wildman–Crippen MR) is 149 cm³/mol. The number of hydrogen-bond acceptors (Lipinski definition) is 9. The van der Waals surface area contributed by atoms with Crippen molar-refractivity contribution in [1.29, 1.82) is 0 Å². The van der Waals surface area contributed by atoms with Gasteiger partial charge in [-0.2, -0.15) is 10.2 Å². The fourth-order valence-electron chi connectivity index (χ4n) is 5.04. The van der Waals surface area contributed by atoms with Crippen molar-refractivity contribution < 1.29 is 9.50 Å². The molecule has 1 aliphatic rings. The van der Waals surface area contributed by atoms with E-state index in [9.17, 15) is 9.50 Å². The maximum absolute atomic E-state index is 13.4. The SMILES string of the molecule is C[C@@H](O)Cn1cc(-c2cc3c(N4CCN(c5ncc(C(C)(N)c6ccc(F)cc6)cn5)CC4)ncnn3c2)cn1. The number of aliphatic hydroxyl groups is 1. The molecule has 206 valence electrons. The standard InChI is InChI=1S/C28H31FN10O/c1-19(40)15-38-16-21(12-34-38)20-11-25-26(33-18-35-39(25)17-20)36-7-9-37(10-8-36)27-31-13-23(14-32-27)28(2,30)22-3-5-24(29)6-4-22/h3-6,11-14,16-19,40H,7-10,15,30H2,1-2H3/t19-,28?/m1/s1. The molecule has 0 bridgehead atoms. The van der Waals surface area contributed by atoms with Crippen molar-refractivity contribution >= 4 is 17.3 Å². The van der Waals surface area contributed by atoms with Crippen molar-refractivity contribution in [3.8, 4) is 11.1 Å². The van der Waals surface area contributed by atoms with Gasteiger partial charge >= 0.3 is 0 Å². The molecule has 0 saturated carbocycles. The van der Waals surface area contributed by atoms with E-state index in [0.717, 1.165) is 59.8 Å². The van der Waals surface area contributed by atoms with E-state index in [0.29, 0.717) is 12.5 Å². The fourth-order valence-corrected chi connectivity index (χ4v) is 5.04. The van der Waals surface area contributed by atoms with Gasteiger partial charge in [-0.15, -0.1) is 0 Å². The summed E-state index contributed by atoms with van der Waals surface area (Å²) in [5.74, 6) is 1.21. The summed E-state index contributed by atoms with van der Waals surface area (Å²) in [6.07, 6.45) is 10.3. The van der Waals surface area contributed by atoms with Crippen LogP contribution >= 0.6 is 0 Å². The number of aliphatic hydroxyl groups excluding tert-OH is 1. The third-order valence-electron chi connectivity index (χ3n) is 7.35. The quantitative estimate of drug-likeness (QED) is 0.319. The zero-order valence-electron chi connectivity index (χ0n) is 22.4. The number of nitrogens with two attached hydrogens (primary N) is 1. The van der Waals surface area contributed by atoms with E-state index in [2.05, 4.69) is 41.0 Å². The molecular formula is C28H31FN10O. The lowest BCUT2D eigenvalue weighted by Crippen LogP contribution is -2.47. The highest BCUT2D eigenvalue weighted by molar-refractivity contribution is 5.77. The maximum atomic E-state index is 13.4. The van der Waals surface area contributed by atoms with E-state index in [4.69, 9.17) is 5.73 Å². The van der Waals surface area contributed by atoms with Crippen molar-refractivity contribution in [1.82, 2.24) is 34.3 Å². The summed E-state index contributed by atoms with van der Waals surface area (Å²) in [7, 11) is 0. The topological polar surface area (TPSA) is 127 Å². The first-order valence-electron chi connectivity index (χ1n) is 13.2. The monoisotopic (exact) mass is 542 g/mol. The van der Waals surface area contributed by atoms with Crippen LogP contribution in [0.25, 0.3) is 16.6 Å². The molecule has 1 aliphatic heterocycles. The van der Waals surface area contributed by atoms with Gasteiger partial charge in [-0.3, -0.25) is 4.68 Å². The van der Waals surface area contributed by atoms with Crippen LogP contribution in [0.2, 0.25) is 0 Å². The first-order valence-corrected chi connectivity index (χ1v) is 13.2. The van der Waals surface area contributed by atoms with Crippen molar-refractivity contribution in [3.63, 3.8) is 0 Å². The molecule has 5 heterocycles. The molecule has 2 atom stereocenters. The van der Waals surface area contributed by atoms with E-state index in [1.54, 1.807) is 48.7 Å². The van der Waals surface area contributed by atoms with Gasteiger partial charge in [0.05, 0.1) is 24.4 Å². The van der Waals surface area contributed by atoms with Crippen LogP contribution in [-0.4, -0.2) is 71.7 Å². The summed E-state index contributed by atoms with van der Waals surface area (Å²) < 4.78 is 16.9. The Labute approximate surface area is 230 Å². The van der Waals surface area contributed by atoms with Crippen LogP contribution in [0.3, 0.4) is 0 Å². The number of aromatic nitrogens is 7. The maximum Gasteiger partial charge on any atom is 0.225 e. The second kappa shape index (κ2) is 10.3. The van der Waals surface area contributed by atoms with Crippen LogP contribution in [-0.2, 0) is 12.1 Å². The minimum Gasteiger partial charge on any atom is -0.391 e. The second-order valence-electron chi connectivity index (χ2n) is 10.4. The third-order valence-corrected chi connectivity index (χ3v) is 7.35. The second-order valence-corrected chi connectivity index (χ2v) is 10.4. The Bertz CT molecular complexity index is 1600. The van der Waals surface area contributed by atoms with Gasteiger partial charge in [0.1, 0.15) is 17.7 Å². The molecule has 4 aromatic heterocycles. The Balaban J connectivity index is 1.15. The molecule has 0 amide bonds. The average Bonchev–Trinajstić information content (AvgIpc) is 3.60. The van der Waals surface area contributed by atoms with E-state index in [-0.39, 0.29) is 5.82 Å². The number of rotatable bonds is 7. The highest BCUT2D eigenvalue weighted by Gasteiger charge is 2.26. The molecule has 5 aromatic rings. The van der Waals surface area contributed by atoms with Crippen LogP contribution in [0.1, 0.15) is 25.0 Å². The number of nitrogens with zero attached hydrogens (tertiary/aromatic N) is 9. The van der Waals surface area contributed by atoms with Gasteiger partial charge in [-0.25, -0.2) is 23.9 Å². The van der Waals surface area contributed by atoms with Gasteiger partial charge in [-0.1, -0.05) is 12.1 Å². The molecule has 12 heteroatoms. The Morgan fingerprint density at radius 1 is 0.925 bits per heavy atom. The molecule has 40 heavy (non-hydrogen) atoms. The van der Waals surface area contributed by atoms with Gasteiger partial charge in [0.15, 0.2) is 5.82 Å². The van der Waals surface area contributed by atoms with E-state index in [1.807, 2.05) is 23.8 Å². The van der Waals surface area contributed by atoms with E-state index in [1.165, 1.54) is 12.1 Å². The number of benzene rings is 1. The first kappa shape index (κ1) is 25.8. The van der Waals surface area contributed by atoms with Crippen molar-refractivity contribution in [3.05, 3.63) is 84.6 Å². The van der Waals surface area contributed by atoms with E-state index >= 15 is 0 Å². The molecule has 1 unspecified atom stereocenters. The van der Waals surface area contributed by atoms with Crippen molar-refractivity contribution in [2.24, 2.45) is 5.73 Å². The summed E-state index contributed by atoms with van der Waals surface area (Å²) in [4.78, 5) is 18.2. The van der Waals surface area contributed by atoms with Crippen LogP contribution in [0.5, 0.6) is 0 Å². The summed E-state index contributed by atoms with van der Waals surface area (Å²) in [6, 6.07) is 8.25. The lowest BCUT2D eigenvalue weighted by atomic mass is 9.87. The smallest absolute Gasteiger partial charge is 0.225 e. The third kappa shape index (κ3) is 4.98. The Kier molecular flexibility index (Phi) is 6.64. The largest absolute Gasteiger partial charge is 0.391 e. The predicted octanol–water partition coefficient (Wildman–Crippen LogP) is 2.45. The zero-order chi connectivity index (χ0) is 27.9. The molecule has 0 aliphatic carbocycles. The van der Waals surface area contributed by atoms with Crippen LogP contribution in [0.4, 0.5) is 16.2 Å². The molecule has 0 spiro atoms. The van der Waals surface area contributed by atoms with E-state index < -0.39 is 11.6 Å². The number of piperazine rings is 1. The number of anilines is 2. The lowest BCUT2D eigenvalue weighted by molar-refractivity contribution is 0.168. The number of hydrogen-bond donors (Lipinski definition) is 2. The number of halogens is 1. The summed E-state index contributed by atoms with van der Waals surface area (Å²) in [5, 5.41) is 18.4. The Morgan fingerprint density at radius 2 is 1.62 bits per heavy atom. The lowest BCUT2D eigenvalue weighted by Gasteiger charge is -2.35. The Hall–Kier alpha value is -4.42. The molecule has 3 N–H and O–H groups in total. The molecular weight excluding hydrogens is 511 g/mol. The van der Waals surface area contributed by atoms with Gasteiger partial charge in [0.25, 0.3) is 0 Å². The Morgan fingerprint density at radius 3 is 2.33 bits per heavy atom. The van der Waals surface area contributed by atoms with Gasteiger partial charge in [-0.05, 0) is 37.6 Å². The van der Waals surface area contributed by atoms with Crippen molar-refractivity contribution in [2.45, 2.75) is 32.0 Å².